The normalized spacial score (nSPS) is 11.3. The average Bonchev–Trinajstić information content (AvgIpc) is 2.59. The molecule has 136 valence electrons. The van der Waals surface area contributed by atoms with Crippen molar-refractivity contribution in [1.82, 2.24) is 0 Å². The highest BCUT2D eigenvalue weighted by Crippen LogP contribution is 2.19. The molecule has 2 rings (SSSR count). The molecule has 0 saturated carbocycles. The topological polar surface area (TPSA) is 64.4 Å². The molecule has 1 amide bonds. The number of hydrogen-bond acceptors (Lipinski definition) is 4. The molecule has 0 spiro atoms. The number of ether oxygens (including phenoxy) is 1. The molecule has 7 heteroatoms. The van der Waals surface area contributed by atoms with Crippen molar-refractivity contribution in [2.75, 3.05) is 17.3 Å². The number of halogens is 2. The van der Waals surface area contributed by atoms with Crippen LogP contribution in [0.3, 0.4) is 0 Å². The van der Waals surface area contributed by atoms with E-state index in [9.17, 15) is 4.79 Å². The number of anilines is 1. The summed E-state index contributed by atoms with van der Waals surface area (Å²) in [4.78, 5) is 12.0. The van der Waals surface area contributed by atoms with Gasteiger partial charge in [-0.15, -0.1) is 12.4 Å². The van der Waals surface area contributed by atoms with E-state index in [-0.39, 0.29) is 18.3 Å². The van der Waals surface area contributed by atoms with Crippen LogP contribution < -0.4 is 15.8 Å². The maximum absolute atomic E-state index is 12.0. The van der Waals surface area contributed by atoms with Crippen LogP contribution in [0.5, 0.6) is 5.75 Å². The Hall–Kier alpha value is -1.40. The molecule has 25 heavy (non-hydrogen) atoms. The molecule has 0 aliphatic carbocycles. The van der Waals surface area contributed by atoms with Crippen LogP contribution in [0.2, 0.25) is 5.02 Å². The molecule has 0 heterocycles. The van der Waals surface area contributed by atoms with E-state index in [4.69, 9.17) is 22.1 Å². The van der Waals surface area contributed by atoms with Gasteiger partial charge >= 0.3 is 0 Å². The number of benzene rings is 2. The predicted octanol–water partition coefficient (Wildman–Crippen LogP) is 4.36. The van der Waals surface area contributed by atoms with Gasteiger partial charge in [0.25, 0.3) is 0 Å². The van der Waals surface area contributed by atoms with Crippen molar-refractivity contribution >= 4 is 47.4 Å². The number of carbonyl (C=O) groups is 1. The van der Waals surface area contributed by atoms with Crippen molar-refractivity contribution < 1.29 is 9.53 Å². The summed E-state index contributed by atoms with van der Waals surface area (Å²) in [6, 6.07) is 14.3. The molecule has 1 atom stereocenters. The van der Waals surface area contributed by atoms with E-state index in [1.165, 1.54) is 0 Å². The lowest BCUT2D eigenvalue weighted by atomic mass is 10.2. The van der Waals surface area contributed by atoms with Crippen molar-refractivity contribution in [3.05, 3.63) is 59.1 Å². The van der Waals surface area contributed by atoms with E-state index in [0.717, 1.165) is 11.3 Å². The molecule has 0 fully saturated rings. The monoisotopic (exact) mass is 400 g/mol. The Kier molecular flexibility index (Phi) is 9.75. The average molecular weight is 401 g/mol. The molecular weight excluding hydrogens is 379 g/mol. The number of nitrogens with two attached hydrogens (primary N) is 1. The summed E-state index contributed by atoms with van der Waals surface area (Å²) in [6.07, 6.45) is 2.64. The van der Waals surface area contributed by atoms with Gasteiger partial charge in [-0.05, 0) is 48.3 Å². The van der Waals surface area contributed by atoms with Gasteiger partial charge in [0.05, 0.1) is 6.04 Å². The Balaban J connectivity index is 0.00000312. The van der Waals surface area contributed by atoms with Gasteiger partial charge in [-0.3, -0.25) is 4.79 Å². The minimum Gasteiger partial charge on any atom is -0.489 e. The van der Waals surface area contributed by atoms with E-state index in [1.807, 2.05) is 48.7 Å². The molecule has 0 aliphatic heterocycles. The van der Waals surface area contributed by atoms with E-state index in [0.29, 0.717) is 29.5 Å². The second kappa shape index (κ2) is 11.3. The van der Waals surface area contributed by atoms with Crippen LogP contribution in [0.15, 0.2) is 48.5 Å². The second-order valence-electron chi connectivity index (χ2n) is 5.32. The zero-order chi connectivity index (χ0) is 17.4. The predicted molar refractivity (Wildman–Crippen MR) is 109 cm³/mol. The van der Waals surface area contributed by atoms with Crippen molar-refractivity contribution in [3.8, 4) is 5.75 Å². The lowest BCUT2D eigenvalue weighted by molar-refractivity contribution is -0.117. The van der Waals surface area contributed by atoms with Gasteiger partial charge in [0.2, 0.25) is 5.91 Å². The van der Waals surface area contributed by atoms with Crippen LogP contribution in [-0.4, -0.2) is 24.0 Å². The Morgan fingerprint density at radius 1 is 1.28 bits per heavy atom. The minimum absolute atomic E-state index is 0. The summed E-state index contributed by atoms with van der Waals surface area (Å²) in [5.74, 6) is 1.36. The lowest BCUT2D eigenvalue weighted by Gasteiger charge is -2.13. The first kappa shape index (κ1) is 21.6. The zero-order valence-electron chi connectivity index (χ0n) is 13.9. The molecule has 3 N–H and O–H groups in total. The van der Waals surface area contributed by atoms with Gasteiger partial charge in [-0.25, -0.2) is 0 Å². The third-order valence-electron chi connectivity index (χ3n) is 3.39. The molecule has 2 aromatic carbocycles. The SMILES string of the molecule is CSCC[C@H](N)C(=O)Nc1cccc(OCc2ccc(Cl)cc2)c1.Cl. The third-order valence-corrected chi connectivity index (χ3v) is 4.29. The Bertz CT molecular complexity index is 668. The highest BCUT2D eigenvalue weighted by Gasteiger charge is 2.13. The highest BCUT2D eigenvalue weighted by molar-refractivity contribution is 7.98. The Morgan fingerprint density at radius 3 is 2.68 bits per heavy atom. The number of thioether (sulfide) groups is 1. The molecule has 0 radical (unpaired) electrons. The summed E-state index contributed by atoms with van der Waals surface area (Å²) < 4.78 is 5.75. The maximum Gasteiger partial charge on any atom is 0.241 e. The van der Waals surface area contributed by atoms with Crippen LogP contribution in [0, 0.1) is 0 Å². The van der Waals surface area contributed by atoms with Gasteiger partial charge in [0, 0.05) is 16.8 Å². The van der Waals surface area contributed by atoms with Crippen molar-refractivity contribution in [1.29, 1.82) is 0 Å². The number of nitrogens with one attached hydrogen (secondary N) is 1. The zero-order valence-corrected chi connectivity index (χ0v) is 16.3. The maximum atomic E-state index is 12.0. The molecule has 4 nitrogen and oxygen atoms in total. The third kappa shape index (κ3) is 7.57. The van der Waals surface area contributed by atoms with Gasteiger partial charge in [0.1, 0.15) is 12.4 Å². The molecule has 0 saturated heterocycles. The quantitative estimate of drug-likeness (QED) is 0.690. The van der Waals surface area contributed by atoms with Crippen LogP contribution in [-0.2, 0) is 11.4 Å². The largest absolute Gasteiger partial charge is 0.489 e. The summed E-state index contributed by atoms with van der Waals surface area (Å²) in [5.41, 5.74) is 7.56. The summed E-state index contributed by atoms with van der Waals surface area (Å²) in [6.45, 7) is 0.432. The minimum atomic E-state index is -0.504. The standard InChI is InChI=1S/C18H21ClN2O2S.ClH/c1-24-10-9-17(20)18(22)21-15-3-2-4-16(11-15)23-12-13-5-7-14(19)8-6-13;/h2-8,11,17H,9-10,12,20H2,1H3,(H,21,22);1H/t17-;/m0./s1. The second-order valence-corrected chi connectivity index (χ2v) is 6.74. The van der Waals surface area contributed by atoms with Crippen molar-refractivity contribution in [2.24, 2.45) is 5.73 Å². The molecule has 0 aliphatic rings. The van der Waals surface area contributed by atoms with Crippen LogP contribution in [0.4, 0.5) is 5.69 Å². The molecular formula is C18H22Cl2N2O2S. The molecule has 0 aromatic heterocycles. The van der Waals surface area contributed by atoms with Gasteiger partial charge in [-0.1, -0.05) is 29.8 Å². The lowest BCUT2D eigenvalue weighted by Crippen LogP contribution is -2.36. The Morgan fingerprint density at radius 2 is 2.00 bits per heavy atom. The number of hydrogen-bond donors (Lipinski definition) is 2. The fourth-order valence-electron chi connectivity index (χ4n) is 2.02. The molecule has 2 aromatic rings. The van der Waals surface area contributed by atoms with Crippen molar-refractivity contribution in [3.63, 3.8) is 0 Å². The van der Waals surface area contributed by atoms with E-state index in [2.05, 4.69) is 5.32 Å². The van der Waals surface area contributed by atoms with Crippen molar-refractivity contribution in [2.45, 2.75) is 19.1 Å². The van der Waals surface area contributed by atoms with E-state index >= 15 is 0 Å². The van der Waals surface area contributed by atoms with Gasteiger partial charge in [0.15, 0.2) is 0 Å². The fourth-order valence-corrected chi connectivity index (χ4v) is 2.64. The summed E-state index contributed by atoms with van der Waals surface area (Å²) in [7, 11) is 0. The van der Waals surface area contributed by atoms with Gasteiger partial charge in [-0.2, -0.15) is 11.8 Å². The molecule has 0 bridgehead atoms. The van der Waals surface area contributed by atoms with E-state index in [1.54, 1.807) is 17.8 Å². The van der Waals surface area contributed by atoms with Gasteiger partial charge < -0.3 is 15.8 Å². The first-order valence-electron chi connectivity index (χ1n) is 7.61. The Labute approximate surface area is 163 Å². The smallest absolute Gasteiger partial charge is 0.241 e. The number of rotatable bonds is 8. The summed E-state index contributed by atoms with van der Waals surface area (Å²) >= 11 is 7.54. The van der Waals surface area contributed by atoms with Crippen LogP contribution in [0.1, 0.15) is 12.0 Å². The molecule has 0 unspecified atom stereocenters. The first-order chi connectivity index (χ1) is 11.6. The highest BCUT2D eigenvalue weighted by atomic mass is 35.5. The fraction of sp³-hybridized carbons (Fsp3) is 0.278. The van der Waals surface area contributed by atoms with E-state index < -0.39 is 6.04 Å². The first-order valence-corrected chi connectivity index (χ1v) is 9.38. The summed E-state index contributed by atoms with van der Waals surface area (Å²) in [5, 5.41) is 3.52. The van der Waals surface area contributed by atoms with Crippen LogP contribution in [0.25, 0.3) is 0 Å². The van der Waals surface area contributed by atoms with Crippen LogP contribution >= 0.6 is 35.8 Å². The number of carbonyl (C=O) groups excluding carboxylic acids is 1. The number of amides is 1.